The Bertz CT molecular complexity index is 320. The van der Waals surface area contributed by atoms with Gasteiger partial charge in [0.05, 0.1) is 6.04 Å². The van der Waals surface area contributed by atoms with Gasteiger partial charge in [0.15, 0.2) is 0 Å². The van der Waals surface area contributed by atoms with Gasteiger partial charge in [0.25, 0.3) is 0 Å². The number of nitrogens with one attached hydrogen (secondary N) is 1. The largest absolute Gasteiger partial charge is 0.340 e. The van der Waals surface area contributed by atoms with E-state index >= 15 is 0 Å². The van der Waals surface area contributed by atoms with Crippen LogP contribution in [0.15, 0.2) is 0 Å². The Morgan fingerprint density at radius 2 is 2.00 bits per heavy atom. The lowest BCUT2D eigenvalue weighted by atomic mass is 10.0. The smallest absolute Gasteiger partial charge is 0.240 e. The van der Waals surface area contributed by atoms with E-state index in [1.165, 1.54) is 25.9 Å². The molecule has 3 heterocycles. The Labute approximate surface area is 110 Å². The first kappa shape index (κ1) is 12.4. The van der Waals surface area contributed by atoms with Crippen LogP contribution in [-0.2, 0) is 4.79 Å². The highest BCUT2D eigenvalue weighted by Crippen LogP contribution is 2.23. The number of nitrogens with zero attached hydrogens (tertiary/aromatic N) is 2. The molecule has 3 unspecified atom stereocenters. The lowest BCUT2D eigenvalue weighted by molar-refractivity contribution is -0.134. The van der Waals surface area contributed by atoms with E-state index in [1.807, 2.05) is 0 Å². The predicted molar refractivity (Wildman–Crippen MR) is 71.4 cm³/mol. The van der Waals surface area contributed by atoms with E-state index in [9.17, 15) is 4.79 Å². The van der Waals surface area contributed by atoms with Crippen LogP contribution < -0.4 is 5.32 Å². The van der Waals surface area contributed by atoms with Crippen LogP contribution in [0.25, 0.3) is 0 Å². The van der Waals surface area contributed by atoms with Gasteiger partial charge in [-0.05, 0) is 44.7 Å². The van der Waals surface area contributed by atoms with Crippen LogP contribution in [0.5, 0.6) is 0 Å². The van der Waals surface area contributed by atoms with Gasteiger partial charge in [-0.1, -0.05) is 6.92 Å². The molecule has 3 rings (SSSR count). The maximum absolute atomic E-state index is 12.6. The molecule has 0 aromatic carbocycles. The lowest BCUT2D eigenvalue weighted by Gasteiger charge is -2.29. The first-order valence-corrected chi connectivity index (χ1v) is 7.52. The average Bonchev–Trinajstić information content (AvgIpc) is 2.93. The van der Waals surface area contributed by atoms with Gasteiger partial charge in [0, 0.05) is 25.7 Å². The van der Waals surface area contributed by atoms with Crippen molar-refractivity contribution in [1.82, 2.24) is 15.1 Å². The summed E-state index contributed by atoms with van der Waals surface area (Å²) in [5.74, 6) is 0.856. The summed E-state index contributed by atoms with van der Waals surface area (Å²) in [4.78, 5) is 17.3. The summed E-state index contributed by atoms with van der Waals surface area (Å²) in [5.41, 5.74) is 0. The van der Waals surface area contributed by atoms with Crippen molar-refractivity contribution in [2.24, 2.45) is 5.92 Å². The fraction of sp³-hybridized carbons (Fsp3) is 0.929. The molecule has 4 heteroatoms. The fourth-order valence-corrected chi connectivity index (χ4v) is 3.77. The summed E-state index contributed by atoms with van der Waals surface area (Å²) in [7, 11) is 0. The molecule has 3 atom stereocenters. The van der Waals surface area contributed by atoms with Crippen LogP contribution in [-0.4, -0.2) is 60.5 Å². The molecule has 0 saturated carbocycles. The van der Waals surface area contributed by atoms with Crippen LogP contribution in [0.2, 0.25) is 0 Å². The second kappa shape index (κ2) is 5.17. The van der Waals surface area contributed by atoms with E-state index in [4.69, 9.17) is 0 Å². The standard InChI is InChI=1S/C14H25N3O/c1-11-5-6-15-13(11)14(18)17-9-3-8-16-7-2-4-12(16)10-17/h11-13,15H,2-10H2,1H3. The molecular weight excluding hydrogens is 226 g/mol. The average molecular weight is 251 g/mol. The SMILES string of the molecule is CC1CCNC1C(=O)N1CCCN2CCCC2C1. The molecule has 3 aliphatic heterocycles. The van der Waals surface area contributed by atoms with Crippen molar-refractivity contribution in [3.63, 3.8) is 0 Å². The second-order valence-electron chi connectivity index (χ2n) is 6.17. The van der Waals surface area contributed by atoms with Crippen LogP contribution >= 0.6 is 0 Å². The quantitative estimate of drug-likeness (QED) is 0.744. The molecule has 0 spiro atoms. The molecule has 3 aliphatic rings. The number of rotatable bonds is 1. The third-order valence-electron chi connectivity index (χ3n) is 4.91. The third-order valence-corrected chi connectivity index (χ3v) is 4.91. The van der Waals surface area contributed by atoms with Gasteiger partial charge in [-0.15, -0.1) is 0 Å². The highest BCUT2D eigenvalue weighted by atomic mass is 16.2. The molecule has 0 radical (unpaired) electrons. The molecule has 3 fully saturated rings. The van der Waals surface area contributed by atoms with Crippen molar-refractivity contribution < 1.29 is 4.79 Å². The Hall–Kier alpha value is -0.610. The zero-order valence-electron chi connectivity index (χ0n) is 11.4. The summed E-state index contributed by atoms with van der Waals surface area (Å²) >= 11 is 0. The number of hydrogen-bond acceptors (Lipinski definition) is 3. The minimum Gasteiger partial charge on any atom is -0.340 e. The molecule has 1 N–H and O–H groups in total. The monoisotopic (exact) mass is 251 g/mol. The van der Waals surface area contributed by atoms with Gasteiger partial charge in [-0.25, -0.2) is 0 Å². The van der Waals surface area contributed by atoms with Gasteiger partial charge in [-0.2, -0.15) is 0 Å². The van der Waals surface area contributed by atoms with Crippen molar-refractivity contribution in [2.75, 3.05) is 32.7 Å². The molecule has 0 bridgehead atoms. The van der Waals surface area contributed by atoms with E-state index in [-0.39, 0.29) is 6.04 Å². The molecule has 0 aliphatic carbocycles. The Balaban J connectivity index is 1.65. The normalized spacial score (nSPS) is 37.6. The molecular formula is C14H25N3O. The first-order chi connectivity index (χ1) is 8.75. The Morgan fingerprint density at radius 3 is 2.78 bits per heavy atom. The summed E-state index contributed by atoms with van der Waals surface area (Å²) in [6, 6.07) is 0.714. The number of fused-ring (bicyclic) bond motifs is 1. The number of carbonyl (C=O) groups is 1. The lowest BCUT2D eigenvalue weighted by Crippen LogP contribution is -2.48. The van der Waals surface area contributed by atoms with E-state index in [0.29, 0.717) is 17.9 Å². The van der Waals surface area contributed by atoms with Crippen LogP contribution in [0.4, 0.5) is 0 Å². The van der Waals surface area contributed by atoms with E-state index in [1.54, 1.807) is 0 Å². The van der Waals surface area contributed by atoms with Crippen molar-refractivity contribution in [1.29, 1.82) is 0 Å². The molecule has 0 aromatic rings. The Kier molecular flexibility index (Phi) is 3.57. The fourth-order valence-electron chi connectivity index (χ4n) is 3.77. The zero-order valence-corrected chi connectivity index (χ0v) is 11.4. The van der Waals surface area contributed by atoms with Crippen molar-refractivity contribution in [3.8, 4) is 0 Å². The highest BCUT2D eigenvalue weighted by molar-refractivity contribution is 5.82. The predicted octanol–water partition coefficient (Wildman–Crippen LogP) is 0.681. The molecule has 4 nitrogen and oxygen atoms in total. The molecule has 1 amide bonds. The van der Waals surface area contributed by atoms with Gasteiger partial charge in [0.1, 0.15) is 0 Å². The van der Waals surface area contributed by atoms with Crippen LogP contribution in [0, 0.1) is 5.92 Å². The van der Waals surface area contributed by atoms with Crippen molar-refractivity contribution in [3.05, 3.63) is 0 Å². The number of amides is 1. The van der Waals surface area contributed by atoms with Gasteiger partial charge >= 0.3 is 0 Å². The second-order valence-corrected chi connectivity index (χ2v) is 6.17. The minimum atomic E-state index is 0.0814. The molecule has 18 heavy (non-hydrogen) atoms. The maximum atomic E-state index is 12.6. The van der Waals surface area contributed by atoms with E-state index in [0.717, 1.165) is 32.5 Å². The third kappa shape index (κ3) is 2.28. The van der Waals surface area contributed by atoms with Crippen LogP contribution in [0.1, 0.15) is 32.6 Å². The highest BCUT2D eigenvalue weighted by Gasteiger charge is 2.36. The molecule has 102 valence electrons. The van der Waals surface area contributed by atoms with Gasteiger partial charge in [0.2, 0.25) is 5.91 Å². The first-order valence-electron chi connectivity index (χ1n) is 7.52. The zero-order chi connectivity index (χ0) is 12.5. The summed E-state index contributed by atoms with van der Waals surface area (Å²) in [5, 5.41) is 3.38. The number of carbonyl (C=O) groups excluding carboxylic acids is 1. The molecule has 0 aromatic heterocycles. The van der Waals surface area contributed by atoms with Crippen molar-refractivity contribution >= 4 is 5.91 Å². The summed E-state index contributed by atoms with van der Waals surface area (Å²) < 4.78 is 0. The van der Waals surface area contributed by atoms with E-state index in [2.05, 4.69) is 22.0 Å². The summed E-state index contributed by atoms with van der Waals surface area (Å²) in [6.45, 7) is 7.54. The van der Waals surface area contributed by atoms with E-state index < -0.39 is 0 Å². The topological polar surface area (TPSA) is 35.6 Å². The minimum absolute atomic E-state index is 0.0814. The van der Waals surface area contributed by atoms with Gasteiger partial charge in [-0.3, -0.25) is 9.69 Å². The Morgan fingerprint density at radius 1 is 1.17 bits per heavy atom. The molecule has 3 saturated heterocycles. The maximum Gasteiger partial charge on any atom is 0.240 e. The number of hydrogen-bond donors (Lipinski definition) is 1. The van der Waals surface area contributed by atoms with Crippen molar-refractivity contribution in [2.45, 2.75) is 44.7 Å². The van der Waals surface area contributed by atoms with Crippen LogP contribution in [0.3, 0.4) is 0 Å². The van der Waals surface area contributed by atoms with Gasteiger partial charge < -0.3 is 10.2 Å². The summed E-state index contributed by atoms with van der Waals surface area (Å²) in [6.07, 6.45) is 4.87.